The summed E-state index contributed by atoms with van der Waals surface area (Å²) in [7, 11) is 0. The third-order valence-corrected chi connectivity index (χ3v) is 4.38. The summed E-state index contributed by atoms with van der Waals surface area (Å²) in [5.41, 5.74) is 1.64. The average molecular weight is 273 g/mol. The number of carbonyl (C=O) groups is 1. The van der Waals surface area contributed by atoms with Crippen LogP contribution < -0.4 is 0 Å². The minimum Gasteiger partial charge on any atom is -0.511 e. The Morgan fingerprint density at radius 2 is 2.00 bits per heavy atom. The molecule has 104 valence electrons. The predicted molar refractivity (Wildman–Crippen MR) is 73.2 cm³/mol. The molecule has 3 rings (SSSR count). The van der Waals surface area contributed by atoms with E-state index in [2.05, 4.69) is 0 Å². The zero-order valence-corrected chi connectivity index (χ0v) is 11.1. The maximum Gasteiger partial charge on any atom is 0.269 e. The second kappa shape index (κ2) is 4.44. The van der Waals surface area contributed by atoms with Gasteiger partial charge in [0, 0.05) is 24.0 Å². The van der Waals surface area contributed by atoms with Gasteiger partial charge in [0.15, 0.2) is 5.78 Å². The van der Waals surface area contributed by atoms with Crippen molar-refractivity contribution in [3.63, 3.8) is 0 Å². The highest BCUT2D eigenvalue weighted by molar-refractivity contribution is 6.23. The number of aliphatic hydroxyl groups is 1. The Labute approximate surface area is 116 Å². The maximum absolute atomic E-state index is 12.4. The Kier molecular flexibility index (Phi) is 2.85. The van der Waals surface area contributed by atoms with E-state index in [-0.39, 0.29) is 29.1 Å². The zero-order valence-electron chi connectivity index (χ0n) is 11.1. The van der Waals surface area contributed by atoms with Gasteiger partial charge in [0.25, 0.3) is 5.69 Å². The number of nitrogens with zero attached hydrogens (tertiary/aromatic N) is 1. The van der Waals surface area contributed by atoms with Crippen LogP contribution in [0.25, 0.3) is 5.57 Å². The lowest BCUT2D eigenvalue weighted by molar-refractivity contribution is -0.384. The van der Waals surface area contributed by atoms with Gasteiger partial charge in [-0.15, -0.1) is 0 Å². The van der Waals surface area contributed by atoms with E-state index in [1.54, 1.807) is 13.0 Å². The summed E-state index contributed by atoms with van der Waals surface area (Å²) in [6, 6.07) is 4.40. The van der Waals surface area contributed by atoms with Crippen molar-refractivity contribution in [3.8, 4) is 0 Å². The molecular formula is C15H15NO4. The van der Waals surface area contributed by atoms with E-state index in [0.29, 0.717) is 16.7 Å². The van der Waals surface area contributed by atoms with Gasteiger partial charge in [-0.05, 0) is 43.4 Å². The Morgan fingerprint density at radius 1 is 1.30 bits per heavy atom. The fraction of sp³-hybridized carbons (Fsp3) is 0.400. The maximum atomic E-state index is 12.4. The van der Waals surface area contributed by atoms with Gasteiger partial charge in [0.1, 0.15) is 5.76 Å². The van der Waals surface area contributed by atoms with Crippen LogP contribution in [0, 0.1) is 28.9 Å². The first-order chi connectivity index (χ1) is 9.49. The number of rotatable bonds is 2. The monoisotopic (exact) mass is 273 g/mol. The summed E-state index contributed by atoms with van der Waals surface area (Å²) in [4.78, 5) is 22.7. The number of Topliss-reactive ketones (excluding diaryl/α,β-unsaturated/α-hetero) is 1. The van der Waals surface area contributed by atoms with E-state index in [1.165, 1.54) is 12.1 Å². The predicted octanol–water partition coefficient (Wildman–Crippen LogP) is 3.17. The number of hydrogen-bond acceptors (Lipinski definition) is 4. The van der Waals surface area contributed by atoms with Crippen molar-refractivity contribution < 1.29 is 14.8 Å². The van der Waals surface area contributed by atoms with E-state index in [1.807, 2.05) is 0 Å². The number of ketones is 1. The van der Waals surface area contributed by atoms with E-state index < -0.39 is 4.92 Å². The molecule has 1 aromatic carbocycles. The first-order valence-electron chi connectivity index (χ1n) is 6.71. The Bertz CT molecular complexity index is 647. The van der Waals surface area contributed by atoms with Gasteiger partial charge in [-0.1, -0.05) is 0 Å². The van der Waals surface area contributed by atoms with Crippen molar-refractivity contribution in [3.05, 3.63) is 45.2 Å². The third kappa shape index (κ3) is 1.81. The summed E-state index contributed by atoms with van der Waals surface area (Å²) < 4.78 is 0. The molecule has 2 aliphatic rings. The van der Waals surface area contributed by atoms with Crippen LogP contribution in [0.5, 0.6) is 0 Å². The first-order valence-corrected chi connectivity index (χ1v) is 6.71. The van der Waals surface area contributed by atoms with Gasteiger partial charge in [0.2, 0.25) is 0 Å². The largest absolute Gasteiger partial charge is 0.511 e. The number of nitro groups is 1. The fourth-order valence-corrected chi connectivity index (χ4v) is 3.32. The lowest BCUT2D eigenvalue weighted by Gasteiger charge is -2.22. The number of nitro benzene ring substituents is 1. The van der Waals surface area contributed by atoms with Crippen LogP contribution in [0.2, 0.25) is 0 Å². The molecule has 2 aliphatic carbocycles. The van der Waals surface area contributed by atoms with Crippen molar-refractivity contribution in [1.29, 1.82) is 0 Å². The summed E-state index contributed by atoms with van der Waals surface area (Å²) >= 11 is 0. The molecule has 0 aliphatic heterocycles. The summed E-state index contributed by atoms with van der Waals surface area (Å²) in [5, 5.41) is 21.1. The molecule has 1 aromatic rings. The third-order valence-electron chi connectivity index (χ3n) is 4.38. The zero-order chi connectivity index (χ0) is 14.4. The van der Waals surface area contributed by atoms with Crippen molar-refractivity contribution in [1.82, 2.24) is 0 Å². The number of fused-ring (bicyclic) bond motifs is 2. The van der Waals surface area contributed by atoms with Gasteiger partial charge >= 0.3 is 0 Å². The Balaban J connectivity index is 2.11. The van der Waals surface area contributed by atoms with Crippen molar-refractivity contribution in [2.45, 2.75) is 26.2 Å². The highest BCUT2D eigenvalue weighted by Crippen LogP contribution is 2.45. The first kappa shape index (κ1) is 12.8. The number of hydrogen-bond donors (Lipinski definition) is 1. The van der Waals surface area contributed by atoms with Gasteiger partial charge in [-0.25, -0.2) is 0 Å². The lowest BCUT2D eigenvalue weighted by Crippen LogP contribution is -2.21. The molecule has 0 spiro atoms. The van der Waals surface area contributed by atoms with Crippen LogP contribution in [0.3, 0.4) is 0 Å². The fourth-order valence-electron chi connectivity index (χ4n) is 3.32. The minimum absolute atomic E-state index is 0.000456. The Morgan fingerprint density at radius 3 is 2.65 bits per heavy atom. The van der Waals surface area contributed by atoms with Crippen LogP contribution in [0.1, 0.15) is 30.4 Å². The molecule has 5 nitrogen and oxygen atoms in total. The van der Waals surface area contributed by atoms with E-state index >= 15 is 0 Å². The topological polar surface area (TPSA) is 80.4 Å². The minimum atomic E-state index is -0.461. The SMILES string of the molecule is Cc1cc([N+](=O)[O-])ccc1C1=C(O)C2CCC(C2)C1=O. The molecular weight excluding hydrogens is 258 g/mol. The quantitative estimate of drug-likeness (QED) is 0.663. The number of benzene rings is 1. The second-order valence-electron chi connectivity index (χ2n) is 5.59. The van der Waals surface area contributed by atoms with Gasteiger partial charge in [-0.2, -0.15) is 0 Å². The van der Waals surface area contributed by atoms with Crippen molar-refractivity contribution in [2.75, 3.05) is 0 Å². The molecule has 0 saturated heterocycles. The van der Waals surface area contributed by atoms with Gasteiger partial charge in [0.05, 0.1) is 10.5 Å². The van der Waals surface area contributed by atoms with Crippen LogP contribution in [-0.2, 0) is 4.79 Å². The highest BCUT2D eigenvalue weighted by atomic mass is 16.6. The van der Waals surface area contributed by atoms with Crippen LogP contribution >= 0.6 is 0 Å². The molecule has 2 bridgehead atoms. The standard InChI is InChI=1S/C15H15NO4/c1-8-6-11(16(19)20)4-5-12(8)13-14(17)9-2-3-10(7-9)15(13)18/h4-6,9-10,17H,2-3,7H2,1H3. The lowest BCUT2D eigenvalue weighted by atomic mass is 9.82. The number of aryl methyl sites for hydroxylation is 1. The van der Waals surface area contributed by atoms with E-state index in [0.717, 1.165) is 19.3 Å². The summed E-state index contributed by atoms with van der Waals surface area (Å²) in [5.74, 6) is 0.219. The molecule has 0 radical (unpaired) electrons. The molecule has 1 saturated carbocycles. The molecule has 0 aromatic heterocycles. The van der Waals surface area contributed by atoms with Gasteiger partial charge in [-0.3, -0.25) is 14.9 Å². The molecule has 0 heterocycles. The van der Waals surface area contributed by atoms with Crippen LogP contribution in [-0.4, -0.2) is 15.8 Å². The molecule has 1 N–H and O–H groups in total. The smallest absolute Gasteiger partial charge is 0.269 e. The number of non-ortho nitro benzene ring substituents is 1. The molecule has 5 heteroatoms. The van der Waals surface area contributed by atoms with Gasteiger partial charge < -0.3 is 5.11 Å². The molecule has 2 unspecified atom stereocenters. The van der Waals surface area contributed by atoms with Crippen LogP contribution in [0.4, 0.5) is 5.69 Å². The number of aliphatic hydroxyl groups excluding tert-OH is 1. The van der Waals surface area contributed by atoms with Crippen molar-refractivity contribution >= 4 is 17.0 Å². The second-order valence-corrected chi connectivity index (χ2v) is 5.59. The molecule has 1 fully saturated rings. The van der Waals surface area contributed by atoms with Crippen molar-refractivity contribution in [2.24, 2.45) is 11.8 Å². The van der Waals surface area contributed by atoms with E-state index in [9.17, 15) is 20.0 Å². The normalized spacial score (nSPS) is 25.1. The number of carbonyl (C=O) groups excluding carboxylic acids is 1. The average Bonchev–Trinajstić information content (AvgIpc) is 2.85. The molecule has 20 heavy (non-hydrogen) atoms. The molecule has 0 amide bonds. The van der Waals surface area contributed by atoms with Crippen LogP contribution in [0.15, 0.2) is 24.0 Å². The number of allylic oxidation sites excluding steroid dienone is 2. The summed E-state index contributed by atoms with van der Waals surface area (Å²) in [6.45, 7) is 1.73. The summed E-state index contributed by atoms with van der Waals surface area (Å²) in [6.07, 6.45) is 2.40. The Hall–Kier alpha value is -2.17. The molecule has 2 atom stereocenters. The highest BCUT2D eigenvalue weighted by Gasteiger charge is 2.41. The van der Waals surface area contributed by atoms with E-state index in [4.69, 9.17) is 0 Å².